The van der Waals surface area contributed by atoms with E-state index in [1.165, 1.54) is 16.4 Å². The minimum absolute atomic E-state index is 0.0168. The van der Waals surface area contributed by atoms with Gasteiger partial charge < -0.3 is 0 Å². The first kappa shape index (κ1) is 23.6. The van der Waals surface area contributed by atoms with Gasteiger partial charge in [-0.2, -0.15) is 0 Å². The number of aryl methyl sites for hydroxylation is 1. The molecule has 2 fully saturated rings. The number of hydrogen-bond donors (Lipinski definition) is 1. The molecule has 36 heavy (non-hydrogen) atoms. The second-order valence-electron chi connectivity index (χ2n) is 10.2. The Morgan fingerprint density at radius 3 is 2.42 bits per heavy atom. The zero-order valence-electron chi connectivity index (χ0n) is 20.1. The Hall–Kier alpha value is -2.83. The lowest BCUT2D eigenvalue weighted by Gasteiger charge is -2.20. The average molecular weight is 529 g/mol. The largest absolute Gasteiger partial charge is 0.274 e. The lowest BCUT2D eigenvalue weighted by Crippen LogP contribution is -2.36. The van der Waals surface area contributed by atoms with Gasteiger partial charge in [0.15, 0.2) is 11.3 Å². The summed E-state index contributed by atoms with van der Waals surface area (Å²) < 4.78 is 53.8. The number of fused-ring (bicyclic) bond motifs is 3. The number of aromatic nitrogens is 5. The van der Waals surface area contributed by atoms with Crippen molar-refractivity contribution in [3.63, 3.8) is 0 Å². The molecule has 3 heterocycles. The first-order valence-electron chi connectivity index (χ1n) is 12.1. The molecule has 3 atom stereocenters. The van der Waals surface area contributed by atoms with Crippen LogP contribution in [0.3, 0.4) is 0 Å². The summed E-state index contributed by atoms with van der Waals surface area (Å²) in [4.78, 5) is 4.60. The van der Waals surface area contributed by atoms with Crippen molar-refractivity contribution >= 4 is 36.9 Å². The van der Waals surface area contributed by atoms with E-state index in [2.05, 4.69) is 22.1 Å². The number of nitrogens with zero attached hydrogens (tertiary/aromatic N) is 5. The van der Waals surface area contributed by atoms with Crippen LogP contribution in [-0.2, 0) is 20.0 Å². The number of sulfonamides is 1. The van der Waals surface area contributed by atoms with E-state index in [1.807, 2.05) is 11.3 Å². The molecule has 3 aromatic heterocycles. The van der Waals surface area contributed by atoms with Crippen LogP contribution in [-0.4, -0.2) is 45.1 Å². The van der Waals surface area contributed by atoms with Crippen molar-refractivity contribution in [2.24, 2.45) is 17.0 Å². The van der Waals surface area contributed by atoms with E-state index in [9.17, 15) is 16.8 Å². The molecule has 4 aromatic rings. The summed E-state index contributed by atoms with van der Waals surface area (Å²) in [6, 6.07) is 8.41. The van der Waals surface area contributed by atoms with Crippen LogP contribution >= 0.6 is 0 Å². The summed E-state index contributed by atoms with van der Waals surface area (Å²) in [5.74, 6) is 0.890. The fourth-order valence-corrected chi connectivity index (χ4v) is 8.71. The van der Waals surface area contributed by atoms with Crippen molar-refractivity contribution in [3.8, 4) is 0 Å². The molecule has 12 heteroatoms. The molecule has 0 bridgehead atoms. The molecule has 0 aliphatic heterocycles. The molecule has 0 radical (unpaired) electrons. The minimum atomic E-state index is -3.85. The number of hydrogen-bond acceptors (Lipinski definition) is 7. The van der Waals surface area contributed by atoms with Crippen molar-refractivity contribution < 1.29 is 16.8 Å². The molecular formula is C24H28N6O4S2. The second kappa shape index (κ2) is 7.83. The van der Waals surface area contributed by atoms with E-state index in [4.69, 9.17) is 5.14 Å². The molecule has 2 saturated carbocycles. The molecule has 0 amide bonds. The molecule has 2 aliphatic carbocycles. The number of rotatable bonds is 6. The zero-order valence-corrected chi connectivity index (χ0v) is 21.7. The van der Waals surface area contributed by atoms with Crippen LogP contribution in [0.5, 0.6) is 0 Å². The van der Waals surface area contributed by atoms with Gasteiger partial charge in [0.25, 0.3) is 10.0 Å². The van der Waals surface area contributed by atoms with Crippen LogP contribution in [0.2, 0.25) is 0 Å². The Bertz CT molecular complexity index is 1700. The predicted molar refractivity (Wildman–Crippen MR) is 134 cm³/mol. The lowest BCUT2D eigenvalue weighted by atomic mass is 9.93. The van der Waals surface area contributed by atoms with Crippen molar-refractivity contribution in [3.05, 3.63) is 54.1 Å². The van der Waals surface area contributed by atoms with Gasteiger partial charge in [-0.3, -0.25) is 4.40 Å². The Kier molecular flexibility index (Phi) is 5.13. The van der Waals surface area contributed by atoms with Gasteiger partial charge >= 0.3 is 0 Å². The first-order valence-corrected chi connectivity index (χ1v) is 15.1. The Labute approximate surface area is 209 Å². The third-order valence-corrected chi connectivity index (χ3v) is 11.8. The van der Waals surface area contributed by atoms with Gasteiger partial charge in [-0.25, -0.2) is 30.9 Å². The normalized spacial score (nSPS) is 24.0. The van der Waals surface area contributed by atoms with E-state index < -0.39 is 24.8 Å². The summed E-state index contributed by atoms with van der Waals surface area (Å²) in [6.07, 6.45) is 6.53. The molecule has 1 aromatic carbocycles. The third-order valence-electron chi connectivity index (χ3n) is 8.24. The van der Waals surface area contributed by atoms with Crippen molar-refractivity contribution in [2.75, 3.05) is 0 Å². The maximum absolute atomic E-state index is 13.4. The highest BCUT2D eigenvalue weighted by molar-refractivity contribution is 7.91. The molecule has 0 unspecified atom stereocenters. The van der Waals surface area contributed by atoms with E-state index >= 15 is 0 Å². The molecule has 2 aliphatic rings. The Morgan fingerprint density at radius 1 is 1.06 bits per heavy atom. The smallest absolute Gasteiger partial charge is 0.269 e. The molecule has 0 spiro atoms. The summed E-state index contributed by atoms with van der Waals surface area (Å²) >= 11 is 0. The van der Waals surface area contributed by atoms with Crippen molar-refractivity contribution in [2.45, 2.75) is 61.5 Å². The highest BCUT2D eigenvalue weighted by atomic mass is 32.2. The van der Waals surface area contributed by atoms with E-state index in [-0.39, 0.29) is 28.3 Å². The minimum Gasteiger partial charge on any atom is -0.274 e. The molecule has 10 nitrogen and oxygen atoms in total. The Balaban J connectivity index is 1.45. The van der Waals surface area contributed by atoms with Crippen LogP contribution in [0.1, 0.15) is 56.3 Å². The monoisotopic (exact) mass is 528 g/mol. The molecule has 6 rings (SSSR count). The zero-order chi connectivity index (χ0) is 25.5. The van der Waals surface area contributed by atoms with E-state index in [0.717, 1.165) is 18.4 Å². The average Bonchev–Trinajstić information content (AvgIpc) is 3.17. The summed E-state index contributed by atoms with van der Waals surface area (Å²) in [5.41, 5.74) is 2.37. The van der Waals surface area contributed by atoms with Gasteiger partial charge in [0.1, 0.15) is 5.82 Å². The summed E-state index contributed by atoms with van der Waals surface area (Å²) in [5, 5.41) is 14.5. The van der Waals surface area contributed by atoms with Gasteiger partial charge in [0.2, 0.25) is 10.0 Å². The van der Waals surface area contributed by atoms with Crippen LogP contribution in [0.15, 0.2) is 47.6 Å². The fraction of sp³-hybridized carbons (Fsp3) is 0.458. The fourth-order valence-electron chi connectivity index (χ4n) is 6.08. The van der Waals surface area contributed by atoms with Crippen LogP contribution < -0.4 is 5.14 Å². The first-order chi connectivity index (χ1) is 17.1. The van der Waals surface area contributed by atoms with Crippen LogP contribution in [0.25, 0.3) is 16.8 Å². The molecule has 190 valence electrons. The highest BCUT2D eigenvalue weighted by Gasteiger charge is 2.61. The van der Waals surface area contributed by atoms with Gasteiger partial charge in [-0.15, -0.1) is 10.2 Å². The predicted octanol–water partition coefficient (Wildman–Crippen LogP) is 2.97. The standard InChI is InChI=1S/C24H28N6O4S2/c1-3-16-12-17(24(9-10-24)36(25,33)34)13-19(16)22-28-27-21-14-26-23-20(30(21)22)8-11-29(23)35(31,32)18-6-4-15(2)5-7-18/h4-8,11,14,16-17,19H,3,9-10,12-13H2,1-2H3,(H2,25,33,34)/t16-,17+,19+/m1/s1. The highest BCUT2D eigenvalue weighted by Crippen LogP contribution is 2.58. The van der Waals surface area contributed by atoms with E-state index in [1.54, 1.807) is 30.3 Å². The van der Waals surface area contributed by atoms with Crippen LogP contribution in [0.4, 0.5) is 0 Å². The maximum Gasteiger partial charge on any atom is 0.269 e. The number of primary sulfonamides is 1. The van der Waals surface area contributed by atoms with Crippen molar-refractivity contribution in [1.29, 1.82) is 0 Å². The van der Waals surface area contributed by atoms with Crippen LogP contribution in [0, 0.1) is 18.8 Å². The summed E-state index contributed by atoms with van der Waals surface area (Å²) in [7, 11) is -7.50. The SMILES string of the molecule is CC[C@@H]1C[C@H](C2(S(N)(=O)=O)CC2)C[C@@H]1c1nnc2cnc3c(ccn3S(=O)(=O)c3ccc(C)cc3)n12. The van der Waals surface area contributed by atoms with Gasteiger partial charge in [-0.05, 0) is 62.6 Å². The van der Waals surface area contributed by atoms with Gasteiger partial charge in [0, 0.05) is 12.1 Å². The van der Waals surface area contributed by atoms with Gasteiger partial charge in [0.05, 0.1) is 21.4 Å². The molecular weight excluding hydrogens is 500 g/mol. The van der Waals surface area contributed by atoms with E-state index in [0.29, 0.717) is 36.3 Å². The van der Waals surface area contributed by atoms with Crippen molar-refractivity contribution in [1.82, 2.24) is 23.6 Å². The third kappa shape index (κ3) is 3.34. The quantitative estimate of drug-likeness (QED) is 0.405. The van der Waals surface area contributed by atoms with Gasteiger partial charge in [-0.1, -0.05) is 31.0 Å². The lowest BCUT2D eigenvalue weighted by molar-refractivity contribution is 0.432. The number of benzene rings is 1. The maximum atomic E-state index is 13.4. The number of nitrogens with two attached hydrogens (primary N) is 1. The topological polar surface area (TPSA) is 142 Å². The molecule has 2 N–H and O–H groups in total. The molecule has 0 saturated heterocycles. The summed E-state index contributed by atoms with van der Waals surface area (Å²) in [6.45, 7) is 4.00. The Morgan fingerprint density at radius 2 is 1.78 bits per heavy atom. The second-order valence-corrected chi connectivity index (χ2v) is 13.9.